The number of para-hydroxylation sites is 2. The first-order valence-corrected chi connectivity index (χ1v) is 14.3. The van der Waals surface area contributed by atoms with Gasteiger partial charge >= 0.3 is 6.03 Å². The third-order valence-corrected chi connectivity index (χ3v) is 8.43. The van der Waals surface area contributed by atoms with Gasteiger partial charge in [-0.15, -0.1) is 0 Å². The molecule has 2 aliphatic heterocycles. The number of amides is 4. The molecule has 1 aromatic heterocycles. The molecule has 43 heavy (non-hydrogen) atoms. The van der Waals surface area contributed by atoms with Crippen molar-refractivity contribution in [2.45, 2.75) is 25.0 Å². The van der Waals surface area contributed by atoms with E-state index in [-0.39, 0.29) is 23.7 Å². The number of aromatic amines is 1. The number of fused-ring (bicyclic) bond motifs is 4. The number of carbonyl (C=O) groups is 3. The summed E-state index contributed by atoms with van der Waals surface area (Å²) in [5.74, 6) is -0.0866. The van der Waals surface area contributed by atoms with E-state index in [9.17, 15) is 14.4 Å². The molecule has 0 aliphatic carbocycles. The van der Waals surface area contributed by atoms with Crippen molar-refractivity contribution in [2.24, 2.45) is 0 Å². The number of hydrogen-bond donors (Lipinski definition) is 2. The number of H-pyrrole nitrogens is 1. The maximum absolute atomic E-state index is 14.3. The number of imide groups is 1. The third kappa shape index (κ3) is 4.51. The molecular formula is C34H27ClN4O4. The van der Waals surface area contributed by atoms with Gasteiger partial charge in [0.05, 0.1) is 18.4 Å². The number of benzene rings is 4. The molecule has 7 rings (SSSR count). The van der Waals surface area contributed by atoms with Gasteiger partial charge in [-0.25, -0.2) is 9.69 Å². The SMILES string of the molecule is COc1cccc(CNC(=O)c2ccccc2N2C(=O)C3Cc4c([nH]c5ccccc45)C(c4cccc(Cl)c4)N3C2=O)c1. The number of urea groups is 1. The standard InChI is InChI=1S/C34H27ClN4O4/c1-43-23-11-6-8-20(16-23)19-36-32(40)25-13-3-5-15-28(25)39-33(41)29-18-26-24-12-2-4-14-27(24)37-30(26)31(38(29)34(39)42)21-9-7-10-22(35)17-21/h2-17,29,31,37H,18-19H2,1H3,(H,36,40). The van der Waals surface area contributed by atoms with E-state index >= 15 is 0 Å². The number of aromatic nitrogens is 1. The Bertz CT molecular complexity index is 1920. The Balaban J connectivity index is 1.26. The summed E-state index contributed by atoms with van der Waals surface area (Å²) in [6, 6.07) is 27.6. The maximum Gasteiger partial charge on any atom is 0.332 e. The third-order valence-electron chi connectivity index (χ3n) is 8.19. The molecule has 1 fully saturated rings. The van der Waals surface area contributed by atoms with Crippen LogP contribution in [0.4, 0.5) is 10.5 Å². The van der Waals surface area contributed by atoms with Crippen LogP contribution < -0.4 is 15.0 Å². The van der Waals surface area contributed by atoms with Crippen LogP contribution in [0.2, 0.25) is 5.02 Å². The van der Waals surface area contributed by atoms with Crippen molar-refractivity contribution in [1.29, 1.82) is 0 Å². The molecule has 4 aromatic carbocycles. The molecule has 2 aliphatic rings. The van der Waals surface area contributed by atoms with E-state index in [0.29, 0.717) is 17.2 Å². The van der Waals surface area contributed by atoms with E-state index < -0.39 is 24.0 Å². The Morgan fingerprint density at radius 3 is 2.60 bits per heavy atom. The molecule has 5 aromatic rings. The summed E-state index contributed by atoms with van der Waals surface area (Å²) in [5, 5.41) is 4.46. The minimum absolute atomic E-state index is 0.232. The molecule has 9 heteroatoms. The number of hydrogen-bond acceptors (Lipinski definition) is 4. The maximum atomic E-state index is 14.3. The quantitative estimate of drug-likeness (QED) is 0.229. The summed E-state index contributed by atoms with van der Waals surface area (Å²) in [4.78, 5) is 48.2. The van der Waals surface area contributed by atoms with E-state index in [0.717, 1.165) is 38.2 Å². The number of rotatable bonds is 6. The number of halogens is 1. The van der Waals surface area contributed by atoms with Gasteiger partial charge in [0, 0.05) is 34.6 Å². The highest BCUT2D eigenvalue weighted by molar-refractivity contribution is 6.30. The van der Waals surface area contributed by atoms with Crippen LogP contribution in [-0.4, -0.2) is 40.9 Å². The topological polar surface area (TPSA) is 94.7 Å². The van der Waals surface area contributed by atoms with Crippen LogP contribution in [0.5, 0.6) is 5.75 Å². The van der Waals surface area contributed by atoms with E-state index in [2.05, 4.69) is 10.3 Å². The summed E-state index contributed by atoms with van der Waals surface area (Å²) >= 11 is 6.41. The molecule has 8 nitrogen and oxygen atoms in total. The largest absolute Gasteiger partial charge is 0.497 e. The van der Waals surface area contributed by atoms with Gasteiger partial charge in [-0.3, -0.25) is 14.5 Å². The summed E-state index contributed by atoms with van der Waals surface area (Å²) in [6.07, 6.45) is 0.349. The first-order chi connectivity index (χ1) is 20.9. The van der Waals surface area contributed by atoms with Crippen molar-refractivity contribution in [3.8, 4) is 5.75 Å². The Labute approximate surface area is 252 Å². The number of nitrogens with zero attached hydrogens (tertiary/aromatic N) is 2. The molecule has 2 unspecified atom stereocenters. The molecule has 214 valence electrons. The number of methoxy groups -OCH3 is 1. The van der Waals surface area contributed by atoms with Crippen molar-refractivity contribution in [3.63, 3.8) is 0 Å². The van der Waals surface area contributed by atoms with Crippen LogP contribution in [0.3, 0.4) is 0 Å². The van der Waals surface area contributed by atoms with Gasteiger partial charge in [0.25, 0.3) is 11.8 Å². The molecule has 0 radical (unpaired) electrons. The van der Waals surface area contributed by atoms with Crippen LogP contribution in [0.15, 0.2) is 97.1 Å². The lowest BCUT2D eigenvalue weighted by Gasteiger charge is -2.36. The molecule has 2 N–H and O–H groups in total. The minimum atomic E-state index is -0.754. The highest BCUT2D eigenvalue weighted by atomic mass is 35.5. The molecule has 2 atom stereocenters. The lowest BCUT2D eigenvalue weighted by atomic mass is 9.89. The van der Waals surface area contributed by atoms with Gasteiger partial charge in [-0.1, -0.05) is 66.2 Å². The lowest BCUT2D eigenvalue weighted by Crippen LogP contribution is -2.44. The van der Waals surface area contributed by atoms with Crippen LogP contribution in [0.1, 0.15) is 38.8 Å². The zero-order valence-electron chi connectivity index (χ0n) is 23.2. The molecule has 0 spiro atoms. The van der Waals surface area contributed by atoms with E-state index in [1.807, 2.05) is 66.7 Å². The number of carbonyl (C=O) groups excluding carboxylic acids is 3. The zero-order chi connectivity index (χ0) is 29.7. The molecule has 0 bridgehead atoms. The van der Waals surface area contributed by atoms with Crippen LogP contribution in [0, 0.1) is 0 Å². The van der Waals surface area contributed by atoms with Crippen LogP contribution >= 0.6 is 11.6 Å². The first kappa shape index (κ1) is 26.8. The fraction of sp³-hybridized carbons (Fsp3) is 0.147. The van der Waals surface area contributed by atoms with Crippen LogP contribution in [-0.2, 0) is 17.8 Å². The van der Waals surface area contributed by atoms with Gasteiger partial charge in [0.15, 0.2) is 0 Å². The van der Waals surface area contributed by atoms with Crippen molar-refractivity contribution in [1.82, 2.24) is 15.2 Å². The van der Waals surface area contributed by atoms with Crippen LogP contribution in [0.25, 0.3) is 10.9 Å². The molecular weight excluding hydrogens is 564 g/mol. The zero-order valence-corrected chi connectivity index (χ0v) is 24.0. The van der Waals surface area contributed by atoms with Gasteiger partial charge in [-0.05, 0) is 59.2 Å². The molecule has 4 amide bonds. The van der Waals surface area contributed by atoms with Gasteiger partial charge < -0.3 is 15.0 Å². The number of nitrogens with one attached hydrogen (secondary N) is 2. The average molecular weight is 591 g/mol. The second-order valence-electron chi connectivity index (χ2n) is 10.7. The highest BCUT2D eigenvalue weighted by Crippen LogP contribution is 2.45. The highest BCUT2D eigenvalue weighted by Gasteiger charge is 2.53. The molecule has 1 saturated heterocycles. The Hall–Kier alpha value is -5.08. The molecule has 0 saturated carbocycles. The predicted molar refractivity (Wildman–Crippen MR) is 164 cm³/mol. The van der Waals surface area contributed by atoms with Crippen molar-refractivity contribution in [2.75, 3.05) is 12.0 Å². The summed E-state index contributed by atoms with van der Waals surface area (Å²) in [6.45, 7) is 0.250. The van der Waals surface area contributed by atoms with Gasteiger partial charge in [0.1, 0.15) is 17.8 Å². The molecule has 3 heterocycles. The Morgan fingerprint density at radius 1 is 0.977 bits per heavy atom. The summed E-state index contributed by atoms with van der Waals surface area (Å²) < 4.78 is 5.28. The van der Waals surface area contributed by atoms with E-state index in [4.69, 9.17) is 16.3 Å². The van der Waals surface area contributed by atoms with Crippen molar-refractivity contribution < 1.29 is 19.1 Å². The fourth-order valence-electron chi connectivity index (χ4n) is 6.24. The summed E-state index contributed by atoms with van der Waals surface area (Å²) in [5.41, 5.74) is 4.91. The second kappa shape index (κ2) is 10.6. The van der Waals surface area contributed by atoms with Gasteiger partial charge in [-0.2, -0.15) is 0 Å². The lowest BCUT2D eigenvalue weighted by molar-refractivity contribution is -0.120. The monoisotopic (exact) mass is 590 g/mol. The predicted octanol–water partition coefficient (Wildman–Crippen LogP) is 6.24. The normalized spacial score (nSPS) is 17.6. The Kier molecular flexibility index (Phi) is 6.63. The second-order valence-corrected chi connectivity index (χ2v) is 11.1. The fourth-order valence-corrected chi connectivity index (χ4v) is 6.44. The minimum Gasteiger partial charge on any atom is -0.497 e. The smallest absolute Gasteiger partial charge is 0.332 e. The summed E-state index contributed by atoms with van der Waals surface area (Å²) in [7, 11) is 1.58. The number of anilines is 1. The Morgan fingerprint density at radius 2 is 1.77 bits per heavy atom. The van der Waals surface area contributed by atoms with Crippen molar-refractivity contribution >= 4 is 46.0 Å². The average Bonchev–Trinajstić information content (AvgIpc) is 3.52. The van der Waals surface area contributed by atoms with E-state index in [1.54, 1.807) is 42.3 Å². The number of ether oxygens (including phenoxy) is 1. The van der Waals surface area contributed by atoms with E-state index in [1.165, 1.54) is 0 Å². The van der Waals surface area contributed by atoms with Gasteiger partial charge in [0.2, 0.25) is 0 Å². The van der Waals surface area contributed by atoms with Crippen molar-refractivity contribution in [3.05, 3.63) is 130 Å². The first-order valence-electron chi connectivity index (χ1n) is 14.0.